The van der Waals surface area contributed by atoms with E-state index < -0.39 is 0 Å². The SMILES string of the molecule is COc1ccc(NC(=O)CCSc2nnc(-c3ccccc3OC)o2)cc1. The second-order valence-corrected chi connectivity index (χ2v) is 6.49. The van der Waals surface area contributed by atoms with Gasteiger partial charge >= 0.3 is 0 Å². The standard InChI is InChI=1S/C19H19N3O4S/c1-24-14-9-7-13(8-10-14)20-17(23)11-12-27-19-22-21-18(26-19)15-5-3-4-6-16(15)25-2/h3-10H,11-12H2,1-2H3,(H,20,23). The lowest BCUT2D eigenvalue weighted by atomic mass is 10.2. The van der Waals surface area contributed by atoms with E-state index >= 15 is 0 Å². The van der Waals surface area contributed by atoms with E-state index in [1.807, 2.05) is 24.3 Å². The lowest BCUT2D eigenvalue weighted by molar-refractivity contribution is -0.115. The Morgan fingerprint density at radius 3 is 2.59 bits per heavy atom. The van der Waals surface area contributed by atoms with Crippen LogP contribution in [0.15, 0.2) is 58.2 Å². The number of rotatable bonds is 8. The van der Waals surface area contributed by atoms with Crippen LogP contribution in [0.3, 0.4) is 0 Å². The molecule has 0 spiro atoms. The molecule has 0 radical (unpaired) electrons. The first-order chi connectivity index (χ1) is 13.2. The van der Waals surface area contributed by atoms with Crippen LogP contribution >= 0.6 is 11.8 Å². The van der Waals surface area contributed by atoms with Crippen LogP contribution in [-0.2, 0) is 4.79 Å². The average Bonchev–Trinajstić information content (AvgIpc) is 3.17. The van der Waals surface area contributed by atoms with Crippen molar-refractivity contribution in [3.8, 4) is 23.0 Å². The minimum atomic E-state index is -0.0860. The van der Waals surface area contributed by atoms with E-state index in [0.29, 0.717) is 29.0 Å². The molecule has 0 bridgehead atoms. The van der Waals surface area contributed by atoms with Crippen LogP contribution in [0.5, 0.6) is 11.5 Å². The van der Waals surface area contributed by atoms with Crippen molar-refractivity contribution in [2.24, 2.45) is 0 Å². The summed E-state index contributed by atoms with van der Waals surface area (Å²) in [6.07, 6.45) is 0.322. The van der Waals surface area contributed by atoms with Gasteiger partial charge in [-0.15, -0.1) is 10.2 Å². The summed E-state index contributed by atoms with van der Waals surface area (Å²) in [5, 5.41) is 11.3. The zero-order valence-electron chi connectivity index (χ0n) is 15.0. The summed E-state index contributed by atoms with van der Waals surface area (Å²) in [4.78, 5) is 12.0. The van der Waals surface area contributed by atoms with Gasteiger partial charge in [0.05, 0.1) is 19.8 Å². The molecule has 1 N–H and O–H groups in total. The van der Waals surface area contributed by atoms with Crippen LogP contribution in [0.2, 0.25) is 0 Å². The number of hydrogen-bond donors (Lipinski definition) is 1. The molecule has 1 aromatic heterocycles. The Labute approximate surface area is 161 Å². The largest absolute Gasteiger partial charge is 0.497 e. The maximum Gasteiger partial charge on any atom is 0.276 e. The van der Waals surface area contributed by atoms with E-state index in [0.717, 1.165) is 17.0 Å². The van der Waals surface area contributed by atoms with Crippen LogP contribution in [0, 0.1) is 0 Å². The monoisotopic (exact) mass is 385 g/mol. The average molecular weight is 385 g/mol. The Morgan fingerprint density at radius 1 is 1.07 bits per heavy atom. The zero-order valence-corrected chi connectivity index (χ0v) is 15.8. The molecule has 3 rings (SSSR count). The summed E-state index contributed by atoms with van der Waals surface area (Å²) in [6.45, 7) is 0. The molecular formula is C19H19N3O4S. The Hall–Kier alpha value is -3.00. The maximum atomic E-state index is 12.0. The van der Waals surface area contributed by atoms with Gasteiger partial charge in [0, 0.05) is 17.9 Å². The topological polar surface area (TPSA) is 86.5 Å². The summed E-state index contributed by atoms with van der Waals surface area (Å²) in [5.74, 6) is 2.23. The van der Waals surface area contributed by atoms with Crippen molar-refractivity contribution in [1.29, 1.82) is 0 Å². The van der Waals surface area contributed by atoms with Crippen molar-refractivity contribution in [2.75, 3.05) is 25.3 Å². The molecule has 3 aromatic rings. The van der Waals surface area contributed by atoms with Crippen molar-refractivity contribution >= 4 is 23.4 Å². The number of hydrogen-bond acceptors (Lipinski definition) is 7. The lowest BCUT2D eigenvalue weighted by Crippen LogP contribution is -2.12. The number of amides is 1. The number of aromatic nitrogens is 2. The molecule has 0 aliphatic carbocycles. The number of para-hydroxylation sites is 1. The fourth-order valence-corrected chi connectivity index (χ4v) is 3.03. The molecule has 0 aliphatic heterocycles. The van der Waals surface area contributed by atoms with Crippen LogP contribution < -0.4 is 14.8 Å². The predicted octanol–water partition coefficient (Wildman–Crippen LogP) is 3.87. The molecule has 0 saturated heterocycles. The number of benzene rings is 2. The van der Waals surface area contributed by atoms with E-state index in [1.54, 1.807) is 38.5 Å². The van der Waals surface area contributed by atoms with Crippen molar-refractivity contribution < 1.29 is 18.7 Å². The Morgan fingerprint density at radius 2 is 1.85 bits per heavy atom. The minimum Gasteiger partial charge on any atom is -0.497 e. The van der Waals surface area contributed by atoms with Crippen molar-refractivity contribution in [1.82, 2.24) is 10.2 Å². The van der Waals surface area contributed by atoms with Gasteiger partial charge < -0.3 is 19.2 Å². The molecule has 0 fully saturated rings. The highest BCUT2D eigenvalue weighted by Crippen LogP contribution is 2.30. The number of thioether (sulfide) groups is 1. The molecule has 0 aliphatic rings. The van der Waals surface area contributed by atoms with Gasteiger partial charge in [0.25, 0.3) is 11.1 Å². The van der Waals surface area contributed by atoms with Gasteiger partial charge in [0.2, 0.25) is 5.91 Å². The van der Waals surface area contributed by atoms with Crippen molar-refractivity contribution in [3.05, 3.63) is 48.5 Å². The molecule has 140 valence electrons. The zero-order chi connectivity index (χ0) is 19.1. The molecule has 0 saturated carbocycles. The smallest absolute Gasteiger partial charge is 0.276 e. The number of carbonyl (C=O) groups is 1. The van der Waals surface area contributed by atoms with E-state index in [9.17, 15) is 4.79 Å². The normalized spacial score (nSPS) is 10.4. The maximum absolute atomic E-state index is 12.0. The molecule has 7 nitrogen and oxygen atoms in total. The van der Waals surface area contributed by atoms with Crippen LogP contribution in [-0.4, -0.2) is 36.1 Å². The molecule has 2 aromatic carbocycles. The van der Waals surface area contributed by atoms with E-state index in [4.69, 9.17) is 13.9 Å². The minimum absolute atomic E-state index is 0.0860. The van der Waals surface area contributed by atoms with E-state index in [-0.39, 0.29) is 5.91 Å². The van der Waals surface area contributed by atoms with E-state index in [1.165, 1.54) is 11.8 Å². The van der Waals surface area contributed by atoms with Gasteiger partial charge in [-0.25, -0.2) is 0 Å². The first kappa shape index (κ1) is 18.8. The fourth-order valence-electron chi connectivity index (χ4n) is 2.33. The number of ether oxygens (including phenoxy) is 2. The molecular weight excluding hydrogens is 366 g/mol. The summed E-state index contributed by atoms with van der Waals surface area (Å²) in [6, 6.07) is 14.6. The Bertz CT molecular complexity index is 896. The van der Waals surface area contributed by atoms with Gasteiger partial charge in [-0.2, -0.15) is 0 Å². The number of anilines is 1. The molecule has 27 heavy (non-hydrogen) atoms. The molecule has 1 heterocycles. The number of carbonyl (C=O) groups excluding carboxylic acids is 1. The van der Waals surface area contributed by atoms with Gasteiger partial charge in [0.15, 0.2) is 0 Å². The molecule has 8 heteroatoms. The Balaban J connectivity index is 1.50. The quantitative estimate of drug-likeness (QED) is 0.589. The highest BCUT2D eigenvalue weighted by molar-refractivity contribution is 7.99. The first-order valence-electron chi connectivity index (χ1n) is 8.23. The third kappa shape index (κ3) is 5.01. The third-order valence-electron chi connectivity index (χ3n) is 3.67. The van der Waals surface area contributed by atoms with Gasteiger partial charge in [-0.1, -0.05) is 23.9 Å². The van der Waals surface area contributed by atoms with Crippen LogP contribution in [0.1, 0.15) is 6.42 Å². The van der Waals surface area contributed by atoms with Gasteiger partial charge in [-0.3, -0.25) is 4.79 Å². The van der Waals surface area contributed by atoms with Gasteiger partial charge in [0.1, 0.15) is 11.5 Å². The molecule has 0 unspecified atom stereocenters. The molecule has 0 atom stereocenters. The Kier molecular flexibility index (Phi) is 6.32. The van der Waals surface area contributed by atoms with E-state index in [2.05, 4.69) is 15.5 Å². The molecule has 1 amide bonds. The summed E-state index contributed by atoms with van der Waals surface area (Å²) in [5.41, 5.74) is 1.46. The number of nitrogens with one attached hydrogen (secondary N) is 1. The van der Waals surface area contributed by atoms with Crippen LogP contribution in [0.4, 0.5) is 5.69 Å². The summed E-state index contributed by atoms with van der Waals surface area (Å²) in [7, 11) is 3.19. The third-order valence-corrected chi connectivity index (χ3v) is 4.49. The highest BCUT2D eigenvalue weighted by Gasteiger charge is 2.13. The lowest BCUT2D eigenvalue weighted by Gasteiger charge is -2.05. The summed E-state index contributed by atoms with van der Waals surface area (Å²) >= 11 is 1.33. The van der Waals surface area contributed by atoms with Crippen LogP contribution in [0.25, 0.3) is 11.5 Å². The predicted molar refractivity (Wildman–Crippen MR) is 103 cm³/mol. The first-order valence-corrected chi connectivity index (χ1v) is 9.21. The second kappa shape index (κ2) is 9.09. The fraction of sp³-hybridized carbons (Fsp3) is 0.211. The van der Waals surface area contributed by atoms with Gasteiger partial charge in [-0.05, 0) is 36.4 Å². The highest BCUT2D eigenvalue weighted by atomic mass is 32.2. The van der Waals surface area contributed by atoms with Crippen molar-refractivity contribution in [3.63, 3.8) is 0 Å². The second-order valence-electron chi connectivity index (χ2n) is 5.45. The number of nitrogens with zero attached hydrogens (tertiary/aromatic N) is 2. The van der Waals surface area contributed by atoms with Crippen molar-refractivity contribution in [2.45, 2.75) is 11.6 Å². The number of methoxy groups -OCH3 is 2. The summed E-state index contributed by atoms with van der Waals surface area (Å²) < 4.78 is 16.0.